The van der Waals surface area contributed by atoms with E-state index in [4.69, 9.17) is 4.74 Å². The molecule has 0 spiro atoms. The lowest BCUT2D eigenvalue weighted by Gasteiger charge is -2.48. The Morgan fingerprint density at radius 2 is 1.78 bits per heavy atom. The maximum absolute atomic E-state index is 14.6. The number of nitrogens with one attached hydrogen (secondary N) is 1. The van der Waals surface area contributed by atoms with E-state index in [2.05, 4.69) is 27.8 Å². The second-order valence-electron chi connectivity index (χ2n) is 14.4. The van der Waals surface area contributed by atoms with Crippen LogP contribution < -0.4 is 10.2 Å². The maximum atomic E-state index is 14.6. The Kier molecular flexibility index (Phi) is 10.8. The molecule has 1 aliphatic carbocycles. The Morgan fingerprint density at radius 1 is 1.04 bits per heavy atom. The van der Waals surface area contributed by atoms with Crippen molar-refractivity contribution in [2.75, 3.05) is 57.8 Å². The highest BCUT2D eigenvalue weighted by atomic mass is 32.2. The molecule has 268 valence electrons. The zero-order chi connectivity index (χ0) is 35.5. The lowest BCUT2D eigenvalue weighted by molar-refractivity contribution is -0.126. The van der Waals surface area contributed by atoms with Crippen LogP contribution in [0.2, 0.25) is 0 Å². The molecule has 4 aliphatic rings. The predicted molar refractivity (Wildman–Crippen MR) is 189 cm³/mol. The molecule has 3 saturated heterocycles. The van der Waals surface area contributed by atoms with E-state index in [1.54, 1.807) is 23.1 Å². The van der Waals surface area contributed by atoms with Crippen molar-refractivity contribution in [1.29, 1.82) is 5.26 Å². The molecule has 6 rings (SSSR count). The van der Waals surface area contributed by atoms with Gasteiger partial charge in [-0.05, 0) is 106 Å². The fourth-order valence-electron chi connectivity index (χ4n) is 9.02. The van der Waals surface area contributed by atoms with Crippen LogP contribution in [0, 0.1) is 34.9 Å². The number of piperidine rings is 2. The Labute approximate surface area is 295 Å². The van der Waals surface area contributed by atoms with Crippen LogP contribution in [0.1, 0.15) is 50.5 Å². The van der Waals surface area contributed by atoms with Crippen molar-refractivity contribution in [3.63, 3.8) is 0 Å². The molecule has 1 saturated carbocycles. The van der Waals surface area contributed by atoms with E-state index in [1.807, 2.05) is 18.2 Å². The number of likely N-dealkylation sites (tertiary alicyclic amines) is 2. The highest BCUT2D eigenvalue weighted by molar-refractivity contribution is 7.92. The van der Waals surface area contributed by atoms with Crippen molar-refractivity contribution >= 4 is 27.5 Å². The summed E-state index contributed by atoms with van der Waals surface area (Å²) in [6, 6.07) is 16.1. The first-order chi connectivity index (χ1) is 24.1. The number of methoxy groups -OCH3 is 1. The minimum Gasteiger partial charge on any atom is -0.453 e. The van der Waals surface area contributed by atoms with Gasteiger partial charge in [0.25, 0.3) is 0 Å². The fourth-order valence-corrected chi connectivity index (χ4v) is 10.8. The molecule has 4 fully saturated rings. The predicted octanol–water partition coefficient (Wildman–Crippen LogP) is 4.91. The average Bonchev–Trinajstić information content (AvgIpc) is 3.58. The van der Waals surface area contributed by atoms with Gasteiger partial charge >= 0.3 is 6.09 Å². The van der Waals surface area contributed by atoms with Gasteiger partial charge in [0, 0.05) is 56.3 Å². The molecule has 2 amide bonds. The number of anilines is 1. The number of carbonyl (C=O) groups excluding carboxylic acids is 2. The Hall–Kier alpha value is -3.95. The zero-order valence-electron chi connectivity index (χ0n) is 28.8. The van der Waals surface area contributed by atoms with Crippen LogP contribution in [0.25, 0.3) is 0 Å². The van der Waals surface area contributed by atoms with Crippen LogP contribution in [0.5, 0.6) is 0 Å². The molecule has 1 unspecified atom stereocenters. The van der Waals surface area contributed by atoms with Crippen molar-refractivity contribution in [2.24, 2.45) is 17.8 Å². The summed E-state index contributed by atoms with van der Waals surface area (Å²) >= 11 is 0. The van der Waals surface area contributed by atoms with E-state index in [0.29, 0.717) is 30.9 Å². The van der Waals surface area contributed by atoms with Crippen LogP contribution in [0.15, 0.2) is 66.1 Å². The number of rotatable bonds is 10. The molecular weight excluding hydrogens is 658 g/mol. The molecule has 12 heteroatoms. The number of benzene rings is 2. The van der Waals surface area contributed by atoms with Gasteiger partial charge in [-0.25, -0.2) is 17.6 Å². The summed E-state index contributed by atoms with van der Waals surface area (Å²) in [5.74, 6) is -0.257. The minimum atomic E-state index is -3.57. The van der Waals surface area contributed by atoms with Crippen molar-refractivity contribution in [3.05, 3.63) is 72.6 Å². The Bertz CT molecular complexity index is 1700. The molecule has 3 aliphatic heterocycles. The van der Waals surface area contributed by atoms with Crippen LogP contribution in [-0.4, -0.2) is 94.4 Å². The van der Waals surface area contributed by atoms with Gasteiger partial charge in [-0.3, -0.25) is 4.79 Å². The largest absolute Gasteiger partial charge is 0.453 e. The summed E-state index contributed by atoms with van der Waals surface area (Å²) in [7, 11) is -2.23. The molecule has 2 aromatic rings. The van der Waals surface area contributed by atoms with E-state index in [9.17, 15) is 27.7 Å². The van der Waals surface area contributed by atoms with Crippen molar-refractivity contribution in [1.82, 2.24) is 15.1 Å². The molecule has 50 heavy (non-hydrogen) atoms. The van der Waals surface area contributed by atoms with Crippen molar-refractivity contribution in [2.45, 2.75) is 66.5 Å². The van der Waals surface area contributed by atoms with Crippen LogP contribution in [0.4, 0.5) is 14.9 Å². The third-order valence-electron chi connectivity index (χ3n) is 11.6. The molecule has 4 atom stereocenters. The number of amides is 2. The number of carbonyl (C=O) groups is 2. The van der Waals surface area contributed by atoms with Crippen molar-refractivity contribution in [3.8, 4) is 6.07 Å². The molecule has 1 N–H and O–H groups in total. The summed E-state index contributed by atoms with van der Waals surface area (Å²) in [5, 5.41) is 13.3. The van der Waals surface area contributed by atoms with E-state index < -0.39 is 26.6 Å². The number of sulfone groups is 1. The van der Waals surface area contributed by atoms with Crippen LogP contribution >= 0.6 is 0 Å². The summed E-state index contributed by atoms with van der Waals surface area (Å²) < 4.78 is 46.3. The van der Waals surface area contributed by atoms with Gasteiger partial charge in [0.1, 0.15) is 5.82 Å². The number of nitriles is 1. The first kappa shape index (κ1) is 35.9. The molecular formula is C38H48FN5O5S. The number of hydrogen-bond acceptors (Lipinski definition) is 8. The zero-order valence-corrected chi connectivity index (χ0v) is 29.6. The normalized spacial score (nSPS) is 24.9. The standard InChI is InChI=1S/C38H48FN5O5S/c1-3-36(45)43-18-6-9-33(25-43)50(47,48)32-14-12-31(13-15-32)44-23-27(24-44)22-42-19-16-28(17-20-42)38(26-40,29-7-4-8-30(39)21-29)34-10-5-11-35(34)41-37(46)49-2/h3-4,7-8,12-15,21,27-28,33-35H,1,5-6,9-11,16-20,22-25H2,2H3,(H,41,46)/t33?,34-,35-,38-/m0/s1. The van der Waals surface area contributed by atoms with Gasteiger partial charge < -0.3 is 24.8 Å². The first-order valence-electron chi connectivity index (χ1n) is 17.8. The Morgan fingerprint density at radius 3 is 2.44 bits per heavy atom. The number of halogens is 1. The second kappa shape index (κ2) is 15.1. The van der Waals surface area contributed by atoms with Gasteiger partial charge in [-0.1, -0.05) is 25.1 Å². The lowest BCUT2D eigenvalue weighted by atomic mass is 9.59. The third kappa shape index (κ3) is 7.12. The summed E-state index contributed by atoms with van der Waals surface area (Å²) in [5.41, 5.74) is 0.758. The maximum Gasteiger partial charge on any atom is 0.407 e. The van der Waals surface area contributed by atoms with Crippen molar-refractivity contribution < 1.29 is 27.1 Å². The highest BCUT2D eigenvalue weighted by Gasteiger charge is 2.53. The van der Waals surface area contributed by atoms with Gasteiger partial charge in [-0.2, -0.15) is 5.26 Å². The minimum absolute atomic E-state index is 0.0161. The molecule has 0 radical (unpaired) electrons. The summed E-state index contributed by atoms with van der Waals surface area (Å²) in [4.78, 5) is 30.9. The number of hydrogen-bond donors (Lipinski definition) is 1. The van der Waals surface area contributed by atoms with Crippen LogP contribution in [-0.2, 0) is 24.8 Å². The smallest absolute Gasteiger partial charge is 0.407 e. The first-order valence-corrected chi connectivity index (χ1v) is 19.4. The van der Waals surface area contributed by atoms with E-state index in [1.165, 1.54) is 25.3 Å². The lowest BCUT2D eigenvalue weighted by Crippen LogP contribution is -2.55. The quantitative estimate of drug-likeness (QED) is 0.346. The third-order valence-corrected chi connectivity index (χ3v) is 13.8. The van der Waals surface area contributed by atoms with E-state index >= 15 is 0 Å². The number of ether oxygens (including phenoxy) is 1. The SMILES string of the molecule is C=CC(=O)N1CCCC(S(=O)(=O)c2ccc(N3CC(CN4CCC([C@@](C#N)(c5cccc(F)c5)[C@H]5CCC[C@@H]5NC(=O)OC)CC4)C3)cc2)C1. The highest BCUT2D eigenvalue weighted by Crippen LogP contribution is 2.50. The Balaban J connectivity index is 1.05. The molecule has 0 aromatic heterocycles. The van der Waals surface area contributed by atoms with Crippen LogP contribution in [0.3, 0.4) is 0 Å². The van der Waals surface area contributed by atoms with Gasteiger partial charge in [0.2, 0.25) is 5.91 Å². The van der Waals surface area contributed by atoms with E-state index in [-0.39, 0.29) is 41.0 Å². The average molecular weight is 706 g/mol. The molecule has 2 aromatic carbocycles. The monoisotopic (exact) mass is 705 g/mol. The number of alkyl carbamates (subject to hydrolysis) is 1. The molecule has 10 nitrogen and oxygen atoms in total. The van der Waals surface area contributed by atoms with Gasteiger partial charge in [-0.15, -0.1) is 0 Å². The fraction of sp³-hybridized carbons (Fsp3) is 0.553. The summed E-state index contributed by atoms with van der Waals surface area (Å²) in [6.07, 6.45) is 5.93. The topological polar surface area (TPSA) is 123 Å². The molecule has 3 heterocycles. The van der Waals surface area contributed by atoms with E-state index in [0.717, 1.165) is 70.5 Å². The van der Waals surface area contributed by atoms with Gasteiger partial charge in [0.05, 0.1) is 28.7 Å². The number of nitrogens with zero attached hydrogens (tertiary/aromatic N) is 4. The molecule has 0 bridgehead atoms. The summed E-state index contributed by atoms with van der Waals surface area (Å²) in [6.45, 7) is 8.64. The second-order valence-corrected chi connectivity index (χ2v) is 16.6. The van der Waals surface area contributed by atoms with Gasteiger partial charge in [0.15, 0.2) is 9.84 Å².